The molecule has 29 heavy (non-hydrogen) atoms. The summed E-state index contributed by atoms with van der Waals surface area (Å²) < 4.78 is 5.10. The van der Waals surface area contributed by atoms with E-state index in [4.69, 9.17) is 16.3 Å². The van der Waals surface area contributed by atoms with E-state index in [-0.39, 0.29) is 0 Å². The number of imide groups is 1. The van der Waals surface area contributed by atoms with E-state index in [2.05, 4.69) is 10.6 Å². The number of rotatable bonds is 8. The summed E-state index contributed by atoms with van der Waals surface area (Å²) in [7, 11) is 0. The minimum Gasteiger partial charge on any atom is -0.451 e. The van der Waals surface area contributed by atoms with Crippen molar-refractivity contribution in [2.24, 2.45) is 0 Å². The number of ether oxygens (including phenoxy) is 1. The van der Waals surface area contributed by atoms with E-state index in [0.29, 0.717) is 17.1 Å². The largest absolute Gasteiger partial charge is 0.451 e. The zero-order valence-electron chi connectivity index (χ0n) is 17.0. The van der Waals surface area contributed by atoms with Crippen LogP contribution in [0.1, 0.15) is 45.6 Å². The second-order valence-corrected chi connectivity index (χ2v) is 7.77. The van der Waals surface area contributed by atoms with Crippen LogP contribution in [0.4, 0.5) is 10.5 Å². The zero-order chi connectivity index (χ0) is 21.8. The van der Waals surface area contributed by atoms with Crippen LogP contribution in [0.5, 0.6) is 0 Å². The van der Waals surface area contributed by atoms with Gasteiger partial charge in [-0.25, -0.2) is 4.79 Å². The van der Waals surface area contributed by atoms with Crippen LogP contribution in [0.25, 0.3) is 0 Å². The molecule has 1 saturated heterocycles. The number of esters is 1. The highest BCUT2D eigenvalue weighted by molar-refractivity contribution is 6.31. The molecular formula is C20H26ClN3O5. The lowest BCUT2D eigenvalue weighted by Crippen LogP contribution is -2.44. The minimum atomic E-state index is -1.12. The number of halogens is 1. The first-order valence-corrected chi connectivity index (χ1v) is 9.85. The molecule has 0 spiro atoms. The summed E-state index contributed by atoms with van der Waals surface area (Å²) in [6.07, 6.45) is 1.01. The molecule has 2 N–H and O–H groups in total. The normalized spacial score (nSPS) is 19.7. The smallest absolute Gasteiger partial charge is 0.327 e. The molecule has 0 unspecified atom stereocenters. The van der Waals surface area contributed by atoms with E-state index in [0.717, 1.165) is 23.3 Å². The Kier molecular flexibility index (Phi) is 7.24. The molecule has 1 aromatic carbocycles. The lowest BCUT2D eigenvalue weighted by Gasteiger charge is -2.21. The minimum absolute atomic E-state index is 0.459. The van der Waals surface area contributed by atoms with Crippen LogP contribution < -0.4 is 10.6 Å². The molecule has 1 heterocycles. The maximum absolute atomic E-state index is 12.6. The number of unbranched alkanes of at least 4 members (excludes halogenated alkanes) is 1. The Morgan fingerprint density at radius 1 is 1.34 bits per heavy atom. The summed E-state index contributed by atoms with van der Waals surface area (Å²) in [5, 5.41) is 5.73. The van der Waals surface area contributed by atoms with Crippen LogP contribution in [-0.4, -0.2) is 46.9 Å². The lowest BCUT2D eigenvalue weighted by atomic mass is 9.95. The van der Waals surface area contributed by atoms with Gasteiger partial charge < -0.3 is 15.4 Å². The Hall–Kier alpha value is -2.61. The molecule has 1 aliphatic heterocycles. The Morgan fingerprint density at radius 3 is 2.69 bits per heavy atom. The molecule has 1 aliphatic rings. The first-order valence-electron chi connectivity index (χ1n) is 9.48. The number of nitrogens with zero attached hydrogens (tertiary/aromatic N) is 1. The van der Waals surface area contributed by atoms with Crippen molar-refractivity contribution in [1.29, 1.82) is 0 Å². The molecule has 0 aliphatic carbocycles. The van der Waals surface area contributed by atoms with Crippen molar-refractivity contribution in [3.63, 3.8) is 0 Å². The summed E-state index contributed by atoms with van der Waals surface area (Å²) in [4.78, 5) is 50.0. The van der Waals surface area contributed by atoms with Gasteiger partial charge in [0.1, 0.15) is 12.1 Å². The molecule has 0 radical (unpaired) electrons. The third-order valence-electron chi connectivity index (χ3n) is 4.80. The van der Waals surface area contributed by atoms with Crippen LogP contribution in [0.2, 0.25) is 5.02 Å². The molecule has 0 bridgehead atoms. The molecule has 4 amide bonds. The third-order valence-corrected chi connectivity index (χ3v) is 5.03. The number of benzene rings is 1. The van der Waals surface area contributed by atoms with E-state index in [9.17, 15) is 19.2 Å². The molecular weight excluding hydrogens is 398 g/mol. The number of anilines is 1. The van der Waals surface area contributed by atoms with Gasteiger partial charge in [-0.1, -0.05) is 37.4 Å². The molecule has 0 aromatic heterocycles. The Balaban J connectivity index is 1.94. The first kappa shape index (κ1) is 22.7. The van der Waals surface area contributed by atoms with Gasteiger partial charge in [-0.3, -0.25) is 19.3 Å². The van der Waals surface area contributed by atoms with Gasteiger partial charge in [0.25, 0.3) is 11.8 Å². The van der Waals surface area contributed by atoms with Crippen LogP contribution in [-0.2, 0) is 19.1 Å². The van der Waals surface area contributed by atoms with Crippen molar-refractivity contribution in [2.45, 2.75) is 58.6 Å². The number of hydrogen-bond acceptors (Lipinski definition) is 5. The van der Waals surface area contributed by atoms with Crippen molar-refractivity contribution < 1.29 is 23.9 Å². The fraction of sp³-hybridized carbons (Fsp3) is 0.500. The van der Waals surface area contributed by atoms with Gasteiger partial charge in [0.05, 0.1) is 0 Å². The topological polar surface area (TPSA) is 105 Å². The van der Waals surface area contributed by atoms with E-state index < -0.39 is 42.0 Å². The standard InChI is InChI=1S/C20H26ClN3O5/c1-5-6-9-20(4)18(27)24(19(28)23-20)11-16(25)29-13(3)17(26)22-15-10-14(21)8-7-12(15)2/h7-8,10,13H,5-6,9,11H2,1-4H3,(H,22,26)(H,23,28)/t13-,20-/m0/s1. The molecule has 9 heteroatoms. The van der Waals surface area contributed by atoms with Gasteiger partial charge in [0, 0.05) is 10.7 Å². The molecule has 8 nitrogen and oxygen atoms in total. The van der Waals surface area contributed by atoms with Crippen molar-refractivity contribution in [1.82, 2.24) is 10.2 Å². The highest BCUT2D eigenvalue weighted by Crippen LogP contribution is 2.24. The molecule has 1 aromatic rings. The summed E-state index contributed by atoms with van der Waals surface area (Å²) in [6.45, 7) is 6.27. The summed E-state index contributed by atoms with van der Waals surface area (Å²) >= 11 is 5.93. The fourth-order valence-corrected chi connectivity index (χ4v) is 3.14. The van der Waals surface area contributed by atoms with E-state index >= 15 is 0 Å². The van der Waals surface area contributed by atoms with E-state index in [1.807, 2.05) is 6.92 Å². The van der Waals surface area contributed by atoms with Crippen LogP contribution in [0.3, 0.4) is 0 Å². The number of urea groups is 1. The zero-order valence-corrected chi connectivity index (χ0v) is 17.8. The predicted molar refractivity (Wildman–Crippen MR) is 109 cm³/mol. The van der Waals surface area contributed by atoms with Crippen molar-refractivity contribution in [3.8, 4) is 0 Å². The van der Waals surface area contributed by atoms with Crippen LogP contribution in [0.15, 0.2) is 18.2 Å². The van der Waals surface area contributed by atoms with Gasteiger partial charge >= 0.3 is 12.0 Å². The summed E-state index contributed by atoms with van der Waals surface area (Å²) in [5.74, 6) is -1.87. The number of nitrogens with one attached hydrogen (secondary N) is 2. The Morgan fingerprint density at radius 2 is 2.03 bits per heavy atom. The van der Waals surface area contributed by atoms with Gasteiger partial charge in [0.2, 0.25) is 0 Å². The highest BCUT2D eigenvalue weighted by Gasteiger charge is 2.48. The maximum atomic E-state index is 12.6. The predicted octanol–water partition coefficient (Wildman–Crippen LogP) is 3.02. The molecule has 2 rings (SSSR count). The van der Waals surface area contributed by atoms with E-state index in [1.54, 1.807) is 32.0 Å². The second-order valence-electron chi connectivity index (χ2n) is 7.34. The van der Waals surface area contributed by atoms with Crippen molar-refractivity contribution in [2.75, 3.05) is 11.9 Å². The van der Waals surface area contributed by atoms with Gasteiger partial charge in [-0.15, -0.1) is 0 Å². The summed E-state index contributed by atoms with van der Waals surface area (Å²) in [6, 6.07) is 4.40. The quantitative estimate of drug-likeness (QED) is 0.494. The Labute approximate surface area is 174 Å². The molecule has 2 atom stereocenters. The lowest BCUT2D eigenvalue weighted by molar-refractivity contribution is -0.155. The van der Waals surface area contributed by atoms with Crippen LogP contribution in [0, 0.1) is 6.92 Å². The first-order chi connectivity index (χ1) is 13.6. The monoisotopic (exact) mass is 423 g/mol. The number of hydrogen-bond donors (Lipinski definition) is 2. The van der Waals surface area contributed by atoms with Crippen molar-refractivity contribution >= 4 is 41.1 Å². The number of amides is 4. The maximum Gasteiger partial charge on any atom is 0.327 e. The Bertz CT molecular complexity index is 828. The molecule has 0 saturated carbocycles. The molecule has 1 fully saturated rings. The number of aryl methyl sites for hydroxylation is 1. The van der Waals surface area contributed by atoms with Gasteiger partial charge in [0.15, 0.2) is 6.10 Å². The average Bonchev–Trinajstić information content (AvgIpc) is 2.86. The number of carbonyl (C=O) groups is 4. The fourth-order valence-electron chi connectivity index (χ4n) is 2.97. The average molecular weight is 424 g/mol. The molecule has 158 valence electrons. The van der Waals surface area contributed by atoms with Gasteiger partial charge in [-0.2, -0.15) is 0 Å². The second kappa shape index (κ2) is 9.26. The summed E-state index contributed by atoms with van der Waals surface area (Å²) in [5.41, 5.74) is 0.277. The van der Waals surface area contributed by atoms with Gasteiger partial charge in [-0.05, 0) is 44.9 Å². The number of carbonyl (C=O) groups excluding carboxylic acids is 4. The van der Waals surface area contributed by atoms with E-state index in [1.165, 1.54) is 6.92 Å². The highest BCUT2D eigenvalue weighted by atomic mass is 35.5. The van der Waals surface area contributed by atoms with Crippen LogP contribution >= 0.6 is 11.6 Å². The SMILES string of the molecule is CCCC[C@]1(C)NC(=O)N(CC(=O)O[C@@H](C)C(=O)Nc2cc(Cl)ccc2C)C1=O. The third kappa shape index (κ3) is 5.47. The van der Waals surface area contributed by atoms with Crippen molar-refractivity contribution in [3.05, 3.63) is 28.8 Å².